The monoisotopic (exact) mass is 1260 g/mol. The summed E-state index contributed by atoms with van der Waals surface area (Å²) in [6.45, 7) is 44.7. The second kappa shape index (κ2) is 31.5. The number of carbonyl (C=O) groups excluding carboxylic acids is 3. The number of ether oxygens (including phenoxy) is 5. The molecule has 2 aliphatic rings. The van der Waals surface area contributed by atoms with Crippen molar-refractivity contribution < 1.29 is 56.8 Å². The average molecular weight is 1260 g/mol. The van der Waals surface area contributed by atoms with E-state index in [0.29, 0.717) is 12.8 Å². The Morgan fingerprint density at radius 2 is 1.01 bits per heavy atom. The Hall–Kier alpha value is -6.65. The summed E-state index contributed by atoms with van der Waals surface area (Å²) in [5.74, 6) is -1.39. The highest BCUT2D eigenvalue weighted by Crippen LogP contribution is 2.45. The van der Waals surface area contributed by atoms with Crippen LogP contribution in [0.2, 0.25) is 36.3 Å². The second-order valence-corrected chi connectivity index (χ2v) is 36.3. The number of aromatic nitrogens is 8. The van der Waals surface area contributed by atoms with Crippen molar-refractivity contribution in [3.05, 3.63) is 33.4 Å². The van der Waals surface area contributed by atoms with Crippen LogP contribution in [-0.2, 0) is 42.1 Å². The molecule has 6 rings (SSSR count). The lowest BCUT2D eigenvalue weighted by Gasteiger charge is -2.40. The quantitative estimate of drug-likeness (QED) is 0.0312. The highest BCUT2D eigenvalue weighted by molar-refractivity contribution is 6.74. The molecule has 2 fully saturated rings. The molecule has 2 unspecified atom stereocenters. The molecule has 87 heavy (non-hydrogen) atoms. The van der Waals surface area contributed by atoms with Gasteiger partial charge in [0.25, 0.3) is 11.1 Å². The van der Waals surface area contributed by atoms with Gasteiger partial charge in [-0.25, -0.2) is 19.6 Å². The number of anilines is 2. The largest absolute Gasteiger partial charge is 0.508 e. The molecule has 4 aromatic heterocycles. The van der Waals surface area contributed by atoms with Crippen LogP contribution in [0, 0.1) is 34.5 Å². The van der Waals surface area contributed by atoms with Gasteiger partial charge in [0.15, 0.2) is 63.6 Å². The summed E-state index contributed by atoms with van der Waals surface area (Å²) in [6, 6.07) is 3.66. The minimum absolute atomic E-state index is 0. The molecule has 28 nitrogen and oxygen atoms in total. The van der Waals surface area contributed by atoms with Gasteiger partial charge in [0.1, 0.15) is 18.8 Å². The smallest absolute Gasteiger partial charge is 0.450 e. The number of nitriles is 2. The van der Waals surface area contributed by atoms with Crippen molar-refractivity contribution in [1.82, 2.24) is 39.0 Å². The van der Waals surface area contributed by atoms with Gasteiger partial charge >= 0.3 is 12.3 Å². The third kappa shape index (κ3) is 22.8. The van der Waals surface area contributed by atoms with E-state index in [-0.39, 0.29) is 92.1 Å². The molecule has 0 saturated carbocycles. The summed E-state index contributed by atoms with van der Waals surface area (Å²) < 4.78 is 45.1. The highest BCUT2D eigenvalue weighted by atomic mass is 28.4. The molecule has 0 aromatic carbocycles. The number of aromatic amines is 2. The van der Waals surface area contributed by atoms with Crippen molar-refractivity contribution in [3.8, 4) is 12.1 Å². The van der Waals surface area contributed by atoms with Crippen LogP contribution in [-0.4, -0.2) is 139 Å². The number of hydrogen-bond donors (Lipinski definition) is 7. The first-order valence-corrected chi connectivity index (χ1v) is 34.8. The SMILES string of the molecule is CC#N.CC(C)(C)N.CC(C)(C)N.CC[C@H]1O[C@@H](n2cnc3c(=O)[nH]c(NC(=O)C(C)C)nc32)C(OC(=O)O)[C@H]1O[Si](C)(C)C(C)(C)C.CC[C@H]1O[C@@H](n2cnc3c(=O)[nH]c(NC(=O)C(C)C)nc32)C(OC(=O)OCCC#N)[C@H]1O[Si](C)(C)C(C)(C)C. The summed E-state index contributed by atoms with van der Waals surface area (Å²) in [5, 5.41) is 30.5. The lowest BCUT2D eigenvalue weighted by atomic mass is 10.1. The lowest BCUT2D eigenvalue weighted by Crippen LogP contribution is -2.50. The molecular formula is C57H98N14O14Si2. The second-order valence-electron chi connectivity index (χ2n) is 26.8. The maximum Gasteiger partial charge on any atom is 0.508 e. The van der Waals surface area contributed by atoms with Crippen molar-refractivity contribution in [3.63, 3.8) is 0 Å². The van der Waals surface area contributed by atoms with Gasteiger partial charge in [0.05, 0.1) is 43.4 Å². The number of nitrogens with zero attached hydrogens (tertiary/aromatic N) is 8. The molecule has 0 aliphatic carbocycles. The van der Waals surface area contributed by atoms with Crippen molar-refractivity contribution in [2.45, 2.75) is 247 Å². The number of carboxylic acid groups (broad SMARTS) is 1. The maximum atomic E-state index is 12.8. The van der Waals surface area contributed by atoms with Gasteiger partial charge in [-0.05, 0) is 90.6 Å². The Bertz CT molecular complexity index is 3110. The molecule has 9 N–H and O–H groups in total. The van der Waals surface area contributed by atoms with E-state index in [2.05, 4.69) is 108 Å². The summed E-state index contributed by atoms with van der Waals surface area (Å²) in [7, 11) is -4.70. The van der Waals surface area contributed by atoms with Gasteiger partial charge in [-0.3, -0.25) is 48.9 Å². The minimum atomic E-state index is -2.37. The first-order chi connectivity index (χ1) is 39.8. The number of imidazole rings is 2. The minimum Gasteiger partial charge on any atom is -0.450 e. The van der Waals surface area contributed by atoms with E-state index in [4.69, 9.17) is 54.5 Å². The first-order valence-electron chi connectivity index (χ1n) is 29.0. The summed E-state index contributed by atoms with van der Waals surface area (Å²) >= 11 is 0. The molecule has 2 amide bonds. The van der Waals surface area contributed by atoms with Crippen molar-refractivity contribution in [2.24, 2.45) is 23.3 Å². The van der Waals surface area contributed by atoms with Crippen LogP contribution in [0.1, 0.15) is 163 Å². The highest BCUT2D eigenvalue weighted by Gasteiger charge is 2.54. The van der Waals surface area contributed by atoms with Crippen LogP contribution < -0.4 is 33.2 Å². The zero-order valence-electron chi connectivity index (χ0n) is 55.2. The van der Waals surface area contributed by atoms with E-state index in [9.17, 15) is 33.9 Å². The Morgan fingerprint density at radius 3 is 1.30 bits per heavy atom. The summed E-state index contributed by atoms with van der Waals surface area (Å²) in [5.41, 5.74) is 9.91. The van der Waals surface area contributed by atoms with Crippen LogP contribution in [0.4, 0.5) is 21.5 Å². The number of H-pyrrole nitrogens is 2. The molecule has 4 aromatic rings. The number of hydrogen-bond acceptors (Lipinski definition) is 21. The number of fused-ring (bicyclic) bond motifs is 2. The number of amides is 2. The van der Waals surface area contributed by atoms with Crippen molar-refractivity contribution in [1.29, 1.82) is 10.5 Å². The van der Waals surface area contributed by atoms with Crippen molar-refractivity contribution in [2.75, 3.05) is 17.2 Å². The first kappa shape index (κ1) is 76.5. The summed E-state index contributed by atoms with van der Waals surface area (Å²) in [6.07, 6.45) is -4.76. The van der Waals surface area contributed by atoms with Gasteiger partial charge in [-0.2, -0.15) is 20.5 Å². The van der Waals surface area contributed by atoms with Crippen LogP contribution in [0.25, 0.3) is 22.3 Å². The Balaban J connectivity index is 0.000000495. The molecule has 0 bridgehead atoms. The zero-order chi connectivity index (χ0) is 67.1. The Kier molecular flexibility index (Phi) is 27.7. The summed E-state index contributed by atoms with van der Waals surface area (Å²) in [4.78, 5) is 96.2. The molecule has 6 heterocycles. The number of carbonyl (C=O) groups is 4. The van der Waals surface area contributed by atoms with E-state index in [0.717, 1.165) is 0 Å². The van der Waals surface area contributed by atoms with E-state index < -0.39 is 89.1 Å². The van der Waals surface area contributed by atoms with Gasteiger partial charge < -0.3 is 49.1 Å². The van der Waals surface area contributed by atoms with E-state index in [1.165, 1.54) is 28.7 Å². The third-order valence-electron chi connectivity index (χ3n) is 13.7. The molecule has 8 atom stereocenters. The number of nitrogens with two attached hydrogens (primary N) is 2. The maximum absolute atomic E-state index is 12.8. The van der Waals surface area contributed by atoms with Gasteiger partial charge in [0.2, 0.25) is 23.7 Å². The fourth-order valence-electron chi connectivity index (χ4n) is 7.40. The molecule has 2 saturated heterocycles. The fraction of sp³-hybridized carbons (Fsp3) is 0.719. The van der Waals surface area contributed by atoms with Gasteiger partial charge in [0, 0.05) is 29.8 Å². The van der Waals surface area contributed by atoms with E-state index in [1.54, 1.807) is 33.8 Å². The van der Waals surface area contributed by atoms with Crippen LogP contribution in [0.5, 0.6) is 0 Å². The third-order valence-corrected chi connectivity index (χ3v) is 22.6. The molecule has 488 valence electrons. The number of rotatable bonds is 16. The lowest BCUT2D eigenvalue weighted by molar-refractivity contribution is -0.119. The predicted octanol–water partition coefficient (Wildman–Crippen LogP) is 9.34. The molecular weight excluding hydrogens is 1160 g/mol. The standard InChI is InChI=1S/C25H38N6O7Si.C22H35N5O7Si.2C4H11N.C2H3N/c1-9-15-17(38-39(7,8)25(4,5)6)18(37-24(34)35-12-10-11-26)22(36-15)31-13-27-16-19(31)28-23(30-21(16)33)29-20(32)14(2)3;1-9-12-14(34-35(7,8)22(4,5)6)15(33-21(30)31)19(32-12)27-10-23-13-16(27)24-20(26-18(13)29)25-17(28)11(2)3;2*1-4(2,3)5;1-2-3/h13-15,17-18,22H,9-10,12H2,1-8H3,(H2,28,29,30,32,33);10-12,14-15,19H,9H2,1-8H3,(H,30,31)(H2,24,25,26,28,29);2*5H2,1-3H3;1H3/t15-,17+,18?,22-;12-,14+,15?,19-;;;/m11.../s1. The topological polar surface area (TPSA) is 404 Å². The van der Waals surface area contributed by atoms with Gasteiger partial charge in [-0.15, -0.1) is 0 Å². The zero-order valence-corrected chi connectivity index (χ0v) is 57.2. The van der Waals surface area contributed by atoms with Crippen LogP contribution in [0.15, 0.2) is 22.2 Å². The molecule has 0 spiro atoms. The Labute approximate surface area is 512 Å². The number of nitrogens with one attached hydrogen (secondary N) is 4. The van der Waals surface area contributed by atoms with Crippen LogP contribution >= 0.6 is 0 Å². The van der Waals surface area contributed by atoms with Crippen LogP contribution in [0.3, 0.4) is 0 Å². The van der Waals surface area contributed by atoms with E-state index in [1.807, 2.05) is 61.5 Å². The normalized spacial score (nSPS) is 20.5. The molecule has 30 heteroatoms. The van der Waals surface area contributed by atoms with Crippen molar-refractivity contribution >= 4 is 75.0 Å². The van der Waals surface area contributed by atoms with Gasteiger partial charge in [-0.1, -0.05) is 83.1 Å². The predicted molar refractivity (Wildman–Crippen MR) is 334 cm³/mol. The average Bonchev–Trinajstić information content (AvgIpc) is 1.64. The van der Waals surface area contributed by atoms with E-state index >= 15 is 0 Å². The molecule has 2 aliphatic heterocycles. The Morgan fingerprint density at radius 1 is 0.678 bits per heavy atom. The fourth-order valence-corrected chi connectivity index (χ4v) is 10.0. The molecule has 0 radical (unpaired) electrons.